The molecule has 1 aliphatic rings. The number of hydrogen-bond donors (Lipinski definition) is 4. The van der Waals surface area contributed by atoms with E-state index in [1.165, 1.54) is 12.8 Å². The van der Waals surface area contributed by atoms with E-state index >= 15 is 0 Å². The maximum absolute atomic E-state index is 12.7. The lowest BCUT2D eigenvalue weighted by molar-refractivity contribution is -0.124. The molecular formula is C22H34N4O2S. The zero-order valence-electron chi connectivity index (χ0n) is 18.0. The number of carbonyl (C=O) groups is 2. The zero-order chi connectivity index (χ0) is 21.6. The minimum Gasteiger partial charge on any atom is -0.358 e. The molecule has 0 spiro atoms. The van der Waals surface area contributed by atoms with Gasteiger partial charge in [0.05, 0.1) is 0 Å². The molecular weight excluding hydrogens is 384 g/mol. The van der Waals surface area contributed by atoms with Crippen LogP contribution in [0.5, 0.6) is 0 Å². The van der Waals surface area contributed by atoms with Crippen molar-refractivity contribution in [2.45, 2.75) is 66.0 Å². The fraction of sp³-hybridized carbons (Fsp3) is 0.591. The molecule has 1 aliphatic carbocycles. The molecule has 0 aliphatic heterocycles. The second-order valence-electron chi connectivity index (χ2n) is 8.47. The van der Waals surface area contributed by atoms with Gasteiger partial charge in [0, 0.05) is 11.6 Å². The summed E-state index contributed by atoms with van der Waals surface area (Å²) < 4.78 is 0. The molecule has 0 saturated heterocycles. The lowest BCUT2D eigenvalue weighted by atomic mass is 9.78. The van der Waals surface area contributed by atoms with Crippen LogP contribution in [0.15, 0.2) is 24.3 Å². The van der Waals surface area contributed by atoms with Crippen LogP contribution in [0.4, 0.5) is 0 Å². The first-order chi connectivity index (χ1) is 13.7. The number of rotatable bonds is 5. The van der Waals surface area contributed by atoms with Crippen molar-refractivity contribution in [2.75, 3.05) is 0 Å². The molecule has 4 atom stereocenters. The van der Waals surface area contributed by atoms with Crippen molar-refractivity contribution < 1.29 is 9.59 Å². The fourth-order valence-electron chi connectivity index (χ4n) is 3.77. The van der Waals surface area contributed by atoms with Gasteiger partial charge in [-0.25, -0.2) is 0 Å². The van der Waals surface area contributed by atoms with Gasteiger partial charge in [-0.15, -0.1) is 0 Å². The van der Waals surface area contributed by atoms with E-state index in [0.717, 1.165) is 12.0 Å². The molecule has 0 unspecified atom stereocenters. The molecule has 4 N–H and O–H groups in total. The van der Waals surface area contributed by atoms with E-state index in [2.05, 4.69) is 35.3 Å². The number of carbonyl (C=O) groups excluding carboxylic acids is 2. The van der Waals surface area contributed by atoms with E-state index in [9.17, 15) is 9.59 Å². The Morgan fingerprint density at radius 2 is 1.79 bits per heavy atom. The maximum Gasteiger partial charge on any atom is 0.261 e. The molecule has 6 nitrogen and oxygen atoms in total. The summed E-state index contributed by atoms with van der Waals surface area (Å²) in [5, 5.41) is 6.55. The second kappa shape index (κ2) is 10.6. The summed E-state index contributed by atoms with van der Waals surface area (Å²) in [6.07, 6.45) is 3.49. The molecule has 1 fully saturated rings. The number of hydrazine groups is 1. The Labute approximate surface area is 179 Å². The molecule has 2 amide bonds. The number of thiocarbonyl (C=S) groups is 1. The summed E-state index contributed by atoms with van der Waals surface area (Å²) in [4.78, 5) is 25.3. The first kappa shape index (κ1) is 23.1. The number of aryl methyl sites for hydroxylation is 1. The second-order valence-corrected chi connectivity index (χ2v) is 8.88. The maximum atomic E-state index is 12.7. The van der Waals surface area contributed by atoms with Crippen molar-refractivity contribution >= 4 is 29.1 Å². The highest BCUT2D eigenvalue weighted by atomic mass is 32.1. The number of amides is 2. The molecule has 0 heterocycles. The molecule has 1 saturated carbocycles. The quantitative estimate of drug-likeness (QED) is 0.436. The van der Waals surface area contributed by atoms with Crippen molar-refractivity contribution in [2.24, 2.45) is 17.8 Å². The van der Waals surface area contributed by atoms with E-state index in [1.807, 2.05) is 39.0 Å². The van der Waals surface area contributed by atoms with Crippen LogP contribution in [0.2, 0.25) is 0 Å². The number of benzene rings is 1. The van der Waals surface area contributed by atoms with Crippen LogP contribution in [-0.4, -0.2) is 29.0 Å². The van der Waals surface area contributed by atoms with Gasteiger partial charge in [-0.1, -0.05) is 58.7 Å². The van der Waals surface area contributed by atoms with E-state index < -0.39 is 6.04 Å². The zero-order valence-corrected chi connectivity index (χ0v) is 18.9. The van der Waals surface area contributed by atoms with E-state index in [-0.39, 0.29) is 17.7 Å². The number of nitrogens with one attached hydrogen (secondary N) is 4. The van der Waals surface area contributed by atoms with Gasteiger partial charge in [-0.05, 0) is 54.9 Å². The molecule has 0 bridgehead atoms. The molecule has 1 aromatic rings. The molecule has 7 heteroatoms. The normalized spacial score (nSPS) is 22.5. The third-order valence-electron chi connectivity index (χ3n) is 5.95. The van der Waals surface area contributed by atoms with Gasteiger partial charge in [0.1, 0.15) is 6.04 Å². The van der Waals surface area contributed by atoms with Crippen LogP contribution >= 0.6 is 12.2 Å². The monoisotopic (exact) mass is 418 g/mol. The van der Waals surface area contributed by atoms with E-state index in [1.54, 1.807) is 6.07 Å². The third kappa shape index (κ3) is 6.42. The molecule has 2 rings (SSSR count). The van der Waals surface area contributed by atoms with Crippen LogP contribution in [0.25, 0.3) is 0 Å². The highest BCUT2D eigenvalue weighted by molar-refractivity contribution is 7.80. The van der Waals surface area contributed by atoms with Crippen LogP contribution < -0.4 is 21.5 Å². The first-order valence-electron chi connectivity index (χ1n) is 10.4. The van der Waals surface area contributed by atoms with Gasteiger partial charge in [0.25, 0.3) is 11.8 Å². The topological polar surface area (TPSA) is 82.3 Å². The van der Waals surface area contributed by atoms with E-state index in [4.69, 9.17) is 12.2 Å². The first-order valence-corrected chi connectivity index (χ1v) is 10.8. The Bertz CT molecular complexity index is 737. The van der Waals surface area contributed by atoms with Gasteiger partial charge in [-0.3, -0.25) is 20.4 Å². The van der Waals surface area contributed by atoms with Gasteiger partial charge in [0.15, 0.2) is 5.11 Å². The third-order valence-corrected chi connectivity index (χ3v) is 6.17. The lowest BCUT2D eigenvalue weighted by Crippen LogP contribution is -2.57. The Kier molecular flexibility index (Phi) is 8.44. The smallest absolute Gasteiger partial charge is 0.261 e. The summed E-state index contributed by atoms with van der Waals surface area (Å²) in [6, 6.07) is 6.94. The summed E-state index contributed by atoms with van der Waals surface area (Å²) in [5.41, 5.74) is 6.87. The standard InChI is InChI=1S/C22H34N4O2S/c1-13(2)19(24-20(27)17-11-7-6-9-15(17)4)21(28)25-26-22(29)23-18-12-8-10-14(3)16(18)5/h6-7,9,11,13-14,16,18-19H,8,10,12H2,1-5H3,(H,24,27)(H,25,28)(H2,23,26,29)/t14-,16+,18+,19+/m1/s1. The minimum atomic E-state index is -0.675. The fourth-order valence-corrected chi connectivity index (χ4v) is 3.97. The van der Waals surface area contributed by atoms with Crippen LogP contribution in [-0.2, 0) is 4.79 Å². The summed E-state index contributed by atoms with van der Waals surface area (Å²) in [7, 11) is 0. The van der Waals surface area contributed by atoms with Crippen molar-refractivity contribution in [1.29, 1.82) is 0 Å². The minimum absolute atomic E-state index is 0.0782. The average molecular weight is 419 g/mol. The van der Waals surface area contributed by atoms with Gasteiger partial charge >= 0.3 is 0 Å². The summed E-state index contributed by atoms with van der Waals surface area (Å²) in [5.74, 6) is 0.515. The largest absolute Gasteiger partial charge is 0.358 e. The Morgan fingerprint density at radius 1 is 1.10 bits per heavy atom. The Morgan fingerprint density at radius 3 is 2.45 bits per heavy atom. The van der Waals surface area contributed by atoms with Gasteiger partial charge < -0.3 is 10.6 Å². The predicted molar refractivity (Wildman–Crippen MR) is 120 cm³/mol. The van der Waals surface area contributed by atoms with Crippen molar-refractivity contribution in [3.8, 4) is 0 Å². The highest BCUT2D eigenvalue weighted by Crippen LogP contribution is 2.29. The molecule has 1 aromatic carbocycles. The summed E-state index contributed by atoms with van der Waals surface area (Å²) >= 11 is 5.35. The predicted octanol–water partition coefficient (Wildman–Crippen LogP) is 3.07. The number of hydrogen-bond acceptors (Lipinski definition) is 3. The lowest BCUT2D eigenvalue weighted by Gasteiger charge is -2.35. The molecule has 0 radical (unpaired) electrons. The van der Waals surface area contributed by atoms with Gasteiger partial charge in [0.2, 0.25) is 0 Å². The Hall–Kier alpha value is -2.15. The molecule has 0 aromatic heterocycles. The summed E-state index contributed by atoms with van der Waals surface area (Å²) in [6.45, 7) is 10.2. The van der Waals surface area contributed by atoms with Crippen LogP contribution in [0, 0.1) is 24.7 Å². The van der Waals surface area contributed by atoms with Crippen LogP contribution in [0.1, 0.15) is 62.9 Å². The Balaban J connectivity index is 1.90. The average Bonchev–Trinajstić information content (AvgIpc) is 2.67. The molecule has 29 heavy (non-hydrogen) atoms. The van der Waals surface area contributed by atoms with Crippen molar-refractivity contribution in [3.05, 3.63) is 35.4 Å². The molecule has 160 valence electrons. The SMILES string of the molecule is Cc1ccccc1C(=O)N[C@H](C(=O)NNC(=S)N[C@H]1CCC[C@@H](C)[C@@H]1C)C(C)C. The van der Waals surface area contributed by atoms with Crippen molar-refractivity contribution in [1.82, 2.24) is 21.5 Å². The van der Waals surface area contributed by atoms with Gasteiger partial charge in [-0.2, -0.15) is 0 Å². The highest BCUT2D eigenvalue weighted by Gasteiger charge is 2.28. The van der Waals surface area contributed by atoms with E-state index in [0.29, 0.717) is 28.6 Å². The van der Waals surface area contributed by atoms with Crippen molar-refractivity contribution in [3.63, 3.8) is 0 Å². The van der Waals surface area contributed by atoms with Crippen LogP contribution in [0.3, 0.4) is 0 Å².